The molecule has 1 saturated heterocycles. The maximum Gasteiger partial charge on any atom is 0.235 e. The SMILES string of the molecule is C=C[C@]1(c2cccc(NS(=O)(=O)C3CC3)c2)[C@@H]2CNC[C@@H]21.Cl. The van der Waals surface area contributed by atoms with Gasteiger partial charge in [-0.3, -0.25) is 4.72 Å². The summed E-state index contributed by atoms with van der Waals surface area (Å²) < 4.78 is 26.9. The molecule has 2 N–H and O–H groups in total. The number of anilines is 1. The Balaban J connectivity index is 0.00000144. The van der Waals surface area contributed by atoms with Gasteiger partial charge in [0.05, 0.1) is 5.25 Å². The Labute approximate surface area is 137 Å². The molecule has 4 rings (SSSR count). The molecule has 0 spiro atoms. The van der Waals surface area contributed by atoms with Crippen LogP contribution in [-0.4, -0.2) is 26.8 Å². The molecule has 2 aliphatic carbocycles. The third-order valence-corrected chi connectivity index (χ3v) is 7.13. The van der Waals surface area contributed by atoms with Crippen LogP contribution >= 0.6 is 12.4 Å². The van der Waals surface area contributed by atoms with Crippen molar-refractivity contribution >= 4 is 28.1 Å². The number of nitrogens with one attached hydrogen (secondary N) is 2. The molecule has 1 heterocycles. The highest BCUT2D eigenvalue weighted by Crippen LogP contribution is 2.62. The minimum Gasteiger partial charge on any atom is -0.316 e. The maximum absolute atomic E-state index is 12.1. The second-order valence-corrected chi connectivity index (χ2v) is 8.40. The first-order valence-electron chi connectivity index (χ1n) is 7.54. The molecule has 2 saturated carbocycles. The molecule has 22 heavy (non-hydrogen) atoms. The number of hydrogen-bond acceptors (Lipinski definition) is 3. The lowest BCUT2D eigenvalue weighted by Crippen LogP contribution is -2.24. The van der Waals surface area contributed by atoms with Crippen LogP contribution in [0.5, 0.6) is 0 Å². The molecule has 1 aliphatic heterocycles. The van der Waals surface area contributed by atoms with Gasteiger partial charge in [-0.05, 0) is 55.5 Å². The number of benzene rings is 1. The van der Waals surface area contributed by atoms with Crippen LogP contribution in [-0.2, 0) is 15.4 Å². The zero-order chi connectivity index (χ0) is 14.7. The van der Waals surface area contributed by atoms with E-state index in [1.54, 1.807) is 0 Å². The van der Waals surface area contributed by atoms with Crippen LogP contribution in [0.3, 0.4) is 0 Å². The van der Waals surface area contributed by atoms with E-state index in [9.17, 15) is 8.42 Å². The van der Waals surface area contributed by atoms with Gasteiger partial charge in [0.15, 0.2) is 0 Å². The molecule has 0 amide bonds. The van der Waals surface area contributed by atoms with Crippen molar-refractivity contribution in [3.8, 4) is 0 Å². The minimum atomic E-state index is -3.20. The minimum absolute atomic E-state index is 0. The second-order valence-electron chi connectivity index (χ2n) is 6.44. The summed E-state index contributed by atoms with van der Waals surface area (Å²) >= 11 is 0. The van der Waals surface area contributed by atoms with Crippen molar-refractivity contribution in [3.63, 3.8) is 0 Å². The van der Waals surface area contributed by atoms with Gasteiger partial charge in [0.1, 0.15) is 0 Å². The standard InChI is InChI=1S/C16H20N2O2S.ClH/c1-2-16(14-9-17-10-15(14)16)11-4-3-5-12(8-11)18-21(19,20)13-6-7-13;/h2-5,8,13-15,17-18H,1,6-7,9-10H2;1H/t14-,15+,16+;. The maximum atomic E-state index is 12.1. The predicted octanol–water partition coefficient (Wildman–Crippen LogP) is 2.29. The van der Waals surface area contributed by atoms with E-state index in [4.69, 9.17) is 0 Å². The van der Waals surface area contributed by atoms with Gasteiger partial charge < -0.3 is 5.32 Å². The Hall–Kier alpha value is -1.04. The Kier molecular flexibility index (Phi) is 3.78. The van der Waals surface area contributed by atoms with Crippen LogP contribution in [0.1, 0.15) is 18.4 Å². The molecule has 0 bridgehead atoms. The van der Waals surface area contributed by atoms with Crippen molar-refractivity contribution in [1.82, 2.24) is 5.32 Å². The van der Waals surface area contributed by atoms with E-state index in [1.165, 1.54) is 5.56 Å². The zero-order valence-corrected chi connectivity index (χ0v) is 13.9. The summed E-state index contributed by atoms with van der Waals surface area (Å²) in [5.41, 5.74) is 1.90. The molecule has 3 atom stereocenters. The van der Waals surface area contributed by atoms with Crippen LogP contribution in [0.15, 0.2) is 36.9 Å². The van der Waals surface area contributed by atoms with E-state index in [1.807, 2.05) is 18.2 Å². The first-order valence-corrected chi connectivity index (χ1v) is 9.09. The Morgan fingerprint density at radius 3 is 2.55 bits per heavy atom. The van der Waals surface area contributed by atoms with Crippen molar-refractivity contribution in [1.29, 1.82) is 0 Å². The highest BCUT2D eigenvalue weighted by Gasteiger charge is 2.65. The van der Waals surface area contributed by atoms with E-state index in [0.29, 0.717) is 17.5 Å². The van der Waals surface area contributed by atoms with Crippen LogP contribution < -0.4 is 10.0 Å². The predicted molar refractivity (Wildman–Crippen MR) is 91.0 cm³/mol. The van der Waals surface area contributed by atoms with Gasteiger partial charge in [0.25, 0.3) is 0 Å². The average molecular weight is 341 g/mol. The molecular formula is C16H21ClN2O2S. The molecule has 1 aromatic carbocycles. The first kappa shape index (κ1) is 15.8. The summed E-state index contributed by atoms with van der Waals surface area (Å²) in [5.74, 6) is 1.20. The molecule has 1 aromatic rings. The molecule has 6 heteroatoms. The largest absolute Gasteiger partial charge is 0.316 e. The third-order valence-electron chi connectivity index (χ3n) is 5.26. The van der Waals surface area contributed by atoms with E-state index >= 15 is 0 Å². The van der Waals surface area contributed by atoms with Crippen molar-refractivity contribution in [2.45, 2.75) is 23.5 Å². The summed E-state index contributed by atoms with van der Waals surface area (Å²) in [6, 6.07) is 7.85. The van der Waals surface area contributed by atoms with Crippen LogP contribution in [0.25, 0.3) is 0 Å². The van der Waals surface area contributed by atoms with Crippen LogP contribution in [0.4, 0.5) is 5.69 Å². The normalized spacial score (nSPS) is 32.7. The van der Waals surface area contributed by atoms with Gasteiger partial charge in [0, 0.05) is 11.1 Å². The smallest absolute Gasteiger partial charge is 0.235 e. The number of allylic oxidation sites excluding steroid dienone is 1. The number of sulfonamides is 1. The summed E-state index contributed by atoms with van der Waals surface area (Å²) in [7, 11) is -3.20. The van der Waals surface area contributed by atoms with Gasteiger partial charge in [-0.2, -0.15) is 0 Å². The van der Waals surface area contributed by atoms with Gasteiger partial charge in [-0.1, -0.05) is 18.2 Å². The molecule has 3 aliphatic rings. The fourth-order valence-corrected chi connectivity index (χ4v) is 5.29. The quantitative estimate of drug-likeness (QED) is 0.808. The summed E-state index contributed by atoms with van der Waals surface area (Å²) in [4.78, 5) is 0. The number of fused-ring (bicyclic) bond motifs is 1. The van der Waals surface area contributed by atoms with Crippen molar-refractivity contribution in [2.75, 3.05) is 17.8 Å². The molecule has 4 nitrogen and oxygen atoms in total. The van der Waals surface area contributed by atoms with Crippen LogP contribution in [0.2, 0.25) is 0 Å². The van der Waals surface area contributed by atoms with E-state index in [2.05, 4.69) is 28.8 Å². The fourth-order valence-electron chi connectivity index (χ4n) is 3.91. The molecule has 0 aromatic heterocycles. The lowest BCUT2D eigenvalue weighted by molar-refractivity contribution is 0.599. The topological polar surface area (TPSA) is 58.2 Å². The number of hydrogen-bond donors (Lipinski definition) is 2. The summed E-state index contributed by atoms with van der Waals surface area (Å²) in [6.07, 6.45) is 3.61. The first-order chi connectivity index (χ1) is 10.1. The Morgan fingerprint density at radius 1 is 1.27 bits per heavy atom. The monoisotopic (exact) mass is 340 g/mol. The van der Waals surface area contributed by atoms with Gasteiger partial charge in [0.2, 0.25) is 10.0 Å². The van der Waals surface area contributed by atoms with Crippen LogP contribution in [0, 0.1) is 11.8 Å². The Morgan fingerprint density at radius 2 is 1.95 bits per heavy atom. The highest BCUT2D eigenvalue weighted by atomic mass is 35.5. The number of rotatable bonds is 5. The van der Waals surface area contributed by atoms with Crippen molar-refractivity contribution in [2.24, 2.45) is 11.8 Å². The Bertz CT molecular complexity index is 690. The number of piperidine rings is 1. The van der Waals surface area contributed by atoms with Gasteiger partial charge in [-0.25, -0.2) is 8.42 Å². The molecule has 0 radical (unpaired) electrons. The number of halogens is 1. The van der Waals surface area contributed by atoms with E-state index < -0.39 is 10.0 Å². The zero-order valence-electron chi connectivity index (χ0n) is 12.3. The molecular weight excluding hydrogens is 320 g/mol. The van der Waals surface area contributed by atoms with Gasteiger partial charge >= 0.3 is 0 Å². The van der Waals surface area contributed by atoms with Gasteiger partial charge in [-0.15, -0.1) is 19.0 Å². The fraction of sp³-hybridized carbons (Fsp3) is 0.500. The summed E-state index contributed by atoms with van der Waals surface area (Å²) in [5, 5.41) is 3.20. The van der Waals surface area contributed by atoms with E-state index in [-0.39, 0.29) is 23.1 Å². The van der Waals surface area contributed by atoms with Crippen molar-refractivity contribution < 1.29 is 8.42 Å². The molecule has 0 unspecified atom stereocenters. The summed E-state index contributed by atoms with van der Waals surface area (Å²) in [6.45, 7) is 6.07. The highest BCUT2D eigenvalue weighted by molar-refractivity contribution is 7.93. The second kappa shape index (κ2) is 5.25. The lowest BCUT2D eigenvalue weighted by atomic mass is 9.90. The van der Waals surface area contributed by atoms with E-state index in [0.717, 1.165) is 25.9 Å². The molecule has 3 fully saturated rings. The lowest BCUT2D eigenvalue weighted by Gasteiger charge is -2.19. The third kappa shape index (κ3) is 2.27. The molecule has 120 valence electrons. The average Bonchev–Trinajstić information content (AvgIpc) is 3.36. The van der Waals surface area contributed by atoms with Crippen molar-refractivity contribution in [3.05, 3.63) is 42.5 Å².